The van der Waals surface area contributed by atoms with Gasteiger partial charge in [-0.25, -0.2) is 0 Å². The van der Waals surface area contributed by atoms with Crippen molar-refractivity contribution in [2.24, 2.45) is 18.7 Å². The molecule has 0 saturated carbocycles. The highest BCUT2D eigenvalue weighted by Crippen LogP contribution is 2.29. The minimum atomic E-state index is -0.136. The Labute approximate surface area is 145 Å². The zero-order valence-corrected chi connectivity index (χ0v) is 15.6. The molecule has 128 valence electrons. The maximum absolute atomic E-state index is 12.8. The van der Waals surface area contributed by atoms with E-state index in [0.717, 1.165) is 29.9 Å². The number of hydrogen-bond acceptors (Lipinski definition) is 3. The van der Waals surface area contributed by atoms with E-state index in [9.17, 15) is 4.79 Å². The van der Waals surface area contributed by atoms with Gasteiger partial charge in [0.2, 0.25) is 5.91 Å². The number of amides is 1. The number of halogens is 2. The molecule has 1 amide bonds. The van der Waals surface area contributed by atoms with E-state index in [4.69, 9.17) is 5.73 Å². The maximum atomic E-state index is 12.8. The van der Waals surface area contributed by atoms with Crippen LogP contribution in [0.4, 0.5) is 0 Å². The van der Waals surface area contributed by atoms with Gasteiger partial charge < -0.3 is 10.6 Å². The molecule has 0 aliphatic carbocycles. The van der Waals surface area contributed by atoms with Crippen LogP contribution in [0.15, 0.2) is 0 Å². The number of aryl methyl sites for hydroxylation is 2. The lowest BCUT2D eigenvalue weighted by Gasteiger charge is -2.25. The van der Waals surface area contributed by atoms with Crippen LogP contribution in [0.25, 0.3) is 0 Å². The summed E-state index contributed by atoms with van der Waals surface area (Å²) >= 11 is 0. The fourth-order valence-electron chi connectivity index (χ4n) is 3.41. The smallest absolute Gasteiger partial charge is 0.230 e. The molecule has 0 aromatic carbocycles. The van der Waals surface area contributed by atoms with Gasteiger partial charge in [-0.15, -0.1) is 24.8 Å². The number of hydrogen-bond donors (Lipinski definition) is 1. The lowest BCUT2D eigenvalue weighted by molar-refractivity contribution is -0.133. The van der Waals surface area contributed by atoms with Gasteiger partial charge in [-0.05, 0) is 46.6 Å². The van der Waals surface area contributed by atoms with Crippen molar-refractivity contribution < 1.29 is 4.79 Å². The van der Waals surface area contributed by atoms with E-state index >= 15 is 0 Å². The van der Waals surface area contributed by atoms with Gasteiger partial charge in [0.1, 0.15) is 0 Å². The Morgan fingerprint density at radius 3 is 2.41 bits per heavy atom. The molecule has 1 aliphatic rings. The van der Waals surface area contributed by atoms with Crippen molar-refractivity contribution in [1.82, 2.24) is 14.7 Å². The highest BCUT2D eigenvalue weighted by Gasteiger charge is 2.35. The molecule has 1 fully saturated rings. The second-order valence-corrected chi connectivity index (χ2v) is 6.11. The van der Waals surface area contributed by atoms with Crippen LogP contribution in [0.2, 0.25) is 0 Å². The third-order valence-electron chi connectivity index (χ3n) is 4.65. The summed E-state index contributed by atoms with van der Waals surface area (Å²) in [5.41, 5.74) is 8.84. The number of rotatable bonds is 3. The van der Waals surface area contributed by atoms with Crippen LogP contribution in [0.3, 0.4) is 0 Å². The van der Waals surface area contributed by atoms with E-state index < -0.39 is 0 Å². The molecule has 1 aromatic rings. The Hall–Kier alpha value is -0.780. The van der Waals surface area contributed by atoms with Crippen LogP contribution in [0.5, 0.6) is 0 Å². The Morgan fingerprint density at radius 2 is 2.00 bits per heavy atom. The Balaban J connectivity index is 0.00000220. The molecular formula is C15H28Cl2N4O. The van der Waals surface area contributed by atoms with Gasteiger partial charge in [0, 0.05) is 30.9 Å². The van der Waals surface area contributed by atoms with Crippen LogP contribution < -0.4 is 5.73 Å². The molecule has 22 heavy (non-hydrogen) atoms. The van der Waals surface area contributed by atoms with Gasteiger partial charge in [0.05, 0.1) is 11.6 Å². The van der Waals surface area contributed by atoms with Crippen LogP contribution in [-0.4, -0.2) is 39.7 Å². The molecule has 1 saturated heterocycles. The minimum absolute atomic E-state index is 0. The molecule has 3 unspecified atom stereocenters. The topological polar surface area (TPSA) is 64.2 Å². The van der Waals surface area contributed by atoms with Gasteiger partial charge in [-0.2, -0.15) is 5.10 Å². The van der Waals surface area contributed by atoms with E-state index in [1.165, 1.54) is 0 Å². The summed E-state index contributed by atoms with van der Waals surface area (Å²) in [5, 5.41) is 4.42. The first-order chi connectivity index (χ1) is 9.36. The molecule has 1 aromatic heterocycles. The number of aromatic nitrogens is 2. The summed E-state index contributed by atoms with van der Waals surface area (Å²) in [6.07, 6.45) is 1.01. The summed E-state index contributed by atoms with van der Waals surface area (Å²) in [5.74, 6) is 0.507. The third-order valence-corrected chi connectivity index (χ3v) is 4.65. The summed E-state index contributed by atoms with van der Waals surface area (Å²) < 4.78 is 1.85. The van der Waals surface area contributed by atoms with Gasteiger partial charge >= 0.3 is 0 Å². The molecule has 1 aliphatic heterocycles. The van der Waals surface area contributed by atoms with E-state index in [0.29, 0.717) is 12.5 Å². The van der Waals surface area contributed by atoms with E-state index in [1.54, 1.807) is 0 Å². The van der Waals surface area contributed by atoms with E-state index in [1.807, 2.05) is 37.4 Å². The van der Waals surface area contributed by atoms with Gasteiger partial charge in [0.25, 0.3) is 0 Å². The standard InChI is InChI=1S/C15H26N4O.2ClH/c1-9-6-13(7-16)8-19(9)15(20)10(2)14-11(3)17-18(5)12(14)4;;/h9-10,13H,6-8,16H2,1-5H3;2*1H. The zero-order valence-electron chi connectivity index (χ0n) is 14.0. The van der Waals surface area contributed by atoms with Crippen molar-refractivity contribution in [1.29, 1.82) is 0 Å². The quantitative estimate of drug-likeness (QED) is 0.908. The molecule has 0 spiro atoms. The van der Waals surface area contributed by atoms with Gasteiger partial charge in [0.15, 0.2) is 0 Å². The highest BCUT2D eigenvalue weighted by atomic mass is 35.5. The predicted octanol–water partition coefficient (Wildman–Crippen LogP) is 2.18. The molecule has 5 nitrogen and oxygen atoms in total. The molecular weight excluding hydrogens is 323 g/mol. The van der Waals surface area contributed by atoms with Crippen LogP contribution >= 0.6 is 24.8 Å². The first-order valence-corrected chi connectivity index (χ1v) is 7.37. The Morgan fingerprint density at radius 1 is 1.41 bits per heavy atom. The van der Waals surface area contributed by atoms with Crippen molar-refractivity contribution in [3.63, 3.8) is 0 Å². The first kappa shape index (κ1) is 21.2. The molecule has 2 rings (SSSR count). The molecule has 7 heteroatoms. The van der Waals surface area contributed by atoms with Crippen molar-refractivity contribution in [3.8, 4) is 0 Å². The predicted molar refractivity (Wildman–Crippen MR) is 93.9 cm³/mol. The largest absolute Gasteiger partial charge is 0.339 e. The van der Waals surface area contributed by atoms with Crippen LogP contribution in [0.1, 0.15) is 43.1 Å². The normalized spacial score (nSPS) is 22.0. The summed E-state index contributed by atoms with van der Waals surface area (Å²) in [7, 11) is 1.92. The van der Waals surface area contributed by atoms with Crippen molar-refractivity contribution >= 4 is 30.7 Å². The Kier molecular flexibility index (Phi) is 7.89. The van der Waals surface area contributed by atoms with Gasteiger partial charge in [-0.3, -0.25) is 9.48 Å². The van der Waals surface area contributed by atoms with Crippen molar-refractivity contribution in [2.75, 3.05) is 13.1 Å². The fraction of sp³-hybridized carbons (Fsp3) is 0.733. The van der Waals surface area contributed by atoms with Crippen molar-refractivity contribution in [2.45, 2.75) is 46.1 Å². The number of carbonyl (C=O) groups excluding carboxylic acids is 1. The number of likely N-dealkylation sites (tertiary alicyclic amines) is 1. The second-order valence-electron chi connectivity index (χ2n) is 6.11. The summed E-state index contributed by atoms with van der Waals surface area (Å²) in [6, 6.07) is 0.288. The van der Waals surface area contributed by atoms with Crippen molar-refractivity contribution in [3.05, 3.63) is 17.0 Å². The van der Waals surface area contributed by atoms with Crippen LogP contribution in [-0.2, 0) is 11.8 Å². The van der Waals surface area contributed by atoms with E-state index in [2.05, 4.69) is 12.0 Å². The Bertz CT molecular complexity index is 518. The summed E-state index contributed by atoms with van der Waals surface area (Å²) in [6.45, 7) is 9.55. The molecule has 0 bridgehead atoms. The molecule has 0 radical (unpaired) electrons. The first-order valence-electron chi connectivity index (χ1n) is 7.37. The zero-order chi connectivity index (χ0) is 15.0. The number of nitrogens with zero attached hydrogens (tertiary/aromatic N) is 3. The third kappa shape index (κ3) is 3.76. The average molecular weight is 351 g/mol. The number of nitrogens with two attached hydrogens (primary N) is 1. The monoisotopic (exact) mass is 350 g/mol. The second kappa shape index (κ2) is 8.18. The van der Waals surface area contributed by atoms with Crippen LogP contribution in [0, 0.1) is 19.8 Å². The lowest BCUT2D eigenvalue weighted by atomic mass is 9.97. The maximum Gasteiger partial charge on any atom is 0.230 e. The molecule has 3 atom stereocenters. The highest BCUT2D eigenvalue weighted by molar-refractivity contribution is 5.85. The molecule has 2 N–H and O–H groups in total. The lowest BCUT2D eigenvalue weighted by Crippen LogP contribution is -2.37. The number of carbonyl (C=O) groups is 1. The van der Waals surface area contributed by atoms with E-state index in [-0.39, 0.29) is 42.7 Å². The summed E-state index contributed by atoms with van der Waals surface area (Å²) in [4.78, 5) is 14.8. The van der Waals surface area contributed by atoms with Gasteiger partial charge in [-0.1, -0.05) is 0 Å². The average Bonchev–Trinajstić information content (AvgIpc) is 2.89. The molecule has 2 heterocycles. The fourth-order valence-corrected chi connectivity index (χ4v) is 3.41. The SMILES string of the molecule is Cc1nn(C)c(C)c1C(C)C(=O)N1CC(CN)CC1C.Cl.Cl. The minimum Gasteiger partial charge on any atom is -0.339 e.